The topological polar surface area (TPSA) is 88.3 Å². The molecule has 2 N–H and O–H groups in total. The van der Waals surface area contributed by atoms with Crippen LogP contribution in [0, 0.1) is 5.82 Å². The number of fused-ring (bicyclic) bond motifs is 2. The SMILES string of the molecule is COC[C@]12CCC(C[C@@H](N(C)c3ccc(-c4cc(F)c(-n5ccnc5)cc4O)nn3)C1)N2. The minimum Gasteiger partial charge on any atom is -0.507 e. The summed E-state index contributed by atoms with van der Waals surface area (Å²) in [7, 11) is 3.79. The van der Waals surface area contributed by atoms with Gasteiger partial charge in [0.2, 0.25) is 0 Å². The number of phenols is 1. The normalized spacial score (nSPS) is 24.6. The maximum Gasteiger partial charge on any atom is 0.151 e. The number of phenolic OH excluding ortho intramolecular Hbond substituents is 1. The fourth-order valence-electron chi connectivity index (χ4n) is 5.17. The summed E-state index contributed by atoms with van der Waals surface area (Å²) in [5, 5.41) is 22.9. The zero-order valence-electron chi connectivity index (χ0n) is 18.2. The van der Waals surface area contributed by atoms with Crippen LogP contribution >= 0.6 is 0 Å². The molecular weight excluding hydrogens is 411 g/mol. The fraction of sp³-hybridized carbons (Fsp3) is 0.435. The largest absolute Gasteiger partial charge is 0.507 e. The van der Waals surface area contributed by atoms with Crippen molar-refractivity contribution in [2.24, 2.45) is 0 Å². The van der Waals surface area contributed by atoms with Crippen molar-refractivity contribution in [2.75, 3.05) is 25.7 Å². The molecule has 32 heavy (non-hydrogen) atoms. The third kappa shape index (κ3) is 3.71. The lowest BCUT2D eigenvalue weighted by Crippen LogP contribution is -2.57. The summed E-state index contributed by atoms with van der Waals surface area (Å²) >= 11 is 0. The minimum atomic E-state index is -0.479. The van der Waals surface area contributed by atoms with E-state index in [0.717, 1.165) is 31.5 Å². The molecule has 9 heteroatoms. The van der Waals surface area contributed by atoms with Crippen LogP contribution in [-0.4, -0.2) is 63.2 Å². The van der Waals surface area contributed by atoms with E-state index in [4.69, 9.17) is 4.74 Å². The molecule has 4 heterocycles. The molecule has 0 radical (unpaired) electrons. The van der Waals surface area contributed by atoms with Gasteiger partial charge in [0.15, 0.2) is 5.82 Å². The molecule has 2 saturated heterocycles. The van der Waals surface area contributed by atoms with Gasteiger partial charge in [0.1, 0.15) is 11.6 Å². The van der Waals surface area contributed by atoms with Gasteiger partial charge in [0.25, 0.3) is 0 Å². The summed E-state index contributed by atoms with van der Waals surface area (Å²) in [4.78, 5) is 6.09. The molecule has 0 amide bonds. The lowest BCUT2D eigenvalue weighted by atomic mass is 9.87. The number of rotatable bonds is 6. The Morgan fingerprint density at radius 1 is 1.34 bits per heavy atom. The predicted octanol–water partition coefficient (Wildman–Crippen LogP) is 2.91. The monoisotopic (exact) mass is 438 g/mol. The summed E-state index contributed by atoms with van der Waals surface area (Å²) in [6, 6.07) is 7.11. The van der Waals surface area contributed by atoms with E-state index in [9.17, 15) is 9.50 Å². The number of piperidine rings is 1. The molecule has 1 unspecified atom stereocenters. The zero-order valence-corrected chi connectivity index (χ0v) is 18.2. The molecule has 168 valence electrons. The highest BCUT2D eigenvalue weighted by atomic mass is 19.1. The van der Waals surface area contributed by atoms with Crippen molar-refractivity contribution in [3.63, 3.8) is 0 Å². The molecule has 5 rings (SSSR count). The maximum atomic E-state index is 14.7. The van der Waals surface area contributed by atoms with E-state index < -0.39 is 5.82 Å². The van der Waals surface area contributed by atoms with Crippen molar-refractivity contribution in [3.8, 4) is 22.7 Å². The summed E-state index contributed by atoms with van der Waals surface area (Å²) < 4.78 is 21.7. The number of halogens is 1. The molecule has 3 aromatic rings. The van der Waals surface area contributed by atoms with Gasteiger partial charge in [-0.15, -0.1) is 10.2 Å². The van der Waals surface area contributed by atoms with Crippen LogP contribution in [0.4, 0.5) is 10.2 Å². The molecular formula is C23H27FN6O2. The summed E-state index contributed by atoms with van der Waals surface area (Å²) in [6.45, 7) is 0.707. The van der Waals surface area contributed by atoms with Crippen LogP contribution in [-0.2, 0) is 4.74 Å². The second kappa shape index (κ2) is 8.14. The van der Waals surface area contributed by atoms with Crippen LogP contribution in [0.25, 0.3) is 16.9 Å². The number of methoxy groups -OCH3 is 1. The standard InChI is InChI=1S/C23H27FN6O2/c1-29(16-9-15-5-6-23(12-16,26-15)13-32-2)22-4-3-19(27-28-22)17-10-18(24)20(11-21(17)31)30-8-7-25-14-30/h3-4,7-8,10-11,14-16,26,31H,5-6,9,12-13H2,1-2H3/t15?,16-,23+/m1/s1. The smallest absolute Gasteiger partial charge is 0.151 e. The summed E-state index contributed by atoms with van der Waals surface area (Å²) in [5.74, 6) is 0.206. The average Bonchev–Trinajstić information content (AvgIpc) is 3.43. The number of nitrogens with one attached hydrogen (secondary N) is 1. The van der Waals surface area contributed by atoms with Gasteiger partial charge >= 0.3 is 0 Å². The first-order valence-electron chi connectivity index (χ1n) is 10.8. The molecule has 1 aromatic carbocycles. The molecule has 0 spiro atoms. The van der Waals surface area contributed by atoms with Gasteiger partial charge in [-0.05, 0) is 43.9 Å². The summed E-state index contributed by atoms with van der Waals surface area (Å²) in [6.07, 6.45) is 8.97. The Kier molecular flexibility index (Phi) is 5.30. The van der Waals surface area contributed by atoms with Gasteiger partial charge in [-0.1, -0.05) is 0 Å². The Balaban J connectivity index is 1.36. The number of imidazole rings is 1. The highest BCUT2D eigenvalue weighted by molar-refractivity contribution is 5.69. The highest BCUT2D eigenvalue weighted by Crippen LogP contribution is 2.39. The lowest BCUT2D eigenvalue weighted by molar-refractivity contribution is 0.0939. The molecule has 2 fully saturated rings. The van der Waals surface area contributed by atoms with Gasteiger partial charge in [-0.3, -0.25) is 0 Å². The molecule has 2 aromatic heterocycles. The summed E-state index contributed by atoms with van der Waals surface area (Å²) in [5.41, 5.74) is 0.965. The average molecular weight is 439 g/mol. The van der Waals surface area contributed by atoms with Gasteiger partial charge in [-0.2, -0.15) is 0 Å². The second-order valence-electron chi connectivity index (χ2n) is 8.87. The molecule has 8 nitrogen and oxygen atoms in total. The lowest BCUT2D eigenvalue weighted by Gasteiger charge is -2.42. The van der Waals surface area contributed by atoms with Crippen molar-refractivity contribution >= 4 is 5.82 Å². The minimum absolute atomic E-state index is 0.0320. The Hall–Kier alpha value is -3.04. The fourth-order valence-corrected chi connectivity index (χ4v) is 5.17. The third-order valence-electron chi connectivity index (χ3n) is 6.77. The van der Waals surface area contributed by atoms with E-state index in [2.05, 4.69) is 25.4 Å². The van der Waals surface area contributed by atoms with Crippen molar-refractivity contribution in [2.45, 2.75) is 43.3 Å². The molecule has 2 bridgehead atoms. The van der Waals surface area contributed by atoms with E-state index in [-0.39, 0.29) is 17.0 Å². The number of hydrogen-bond acceptors (Lipinski definition) is 7. The van der Waals surface area contributed by atoms with Gasteiger partial charge in [0.05, 0.1) is 24.3 Å². The quantitative estimate of drug-likeness (QED) is 0.612. The highest BCUT2D eigenvalue weighted by Gasteiger charge is 2.46. The Morgan fingerprint density at radius 3 is 2.94 bits per heavy atom. The number of hydrogen-bond donors (Lipinski definition) is 2. The van der Waals surface area contributed by atoms with Crippen molar-refractivity contribution in [3.05, 3.63) is 48.8 Å². The van der Waals surface area contributed by atoms with E-state index in [0.29, 0.717) is 29.9 Å². The number of ether oxygens (including phenoxy) is 1. The molecule has 2 aliphatic heterocycles. The van der Waals surface area contributed by atoms with E-state index in [1.165, 1.54) is 23.0 Å². The molecule has 2 aliphatic rings. The molecule has 0 saturated carbocycles. The van der Waals surface area contributed by atoms with Crippen LogP contribution < -0.4 is 10.2 Å². The van der Waals surface area contributed by atoms with E-state index in [1.54, 1.807) is 25.6 Å². The third-order valence-corrected chi connectivity index (χ3v) is 6.77. The van der Waals surface area contributed by atoms with E-state index >= 15 is 0 Å². The van der Waals surface area contributed by atoms with Gasteiger partial charge in [0, 0.05) is 55.8 Å². The Bertz CT molecular complexity index is 1090. The molecule has 3 atom stereocenters. The zero-order chi connectivity index (χ0) is 22.3. The number of aromatic hydroxyl groups is 1. The van der Waals surface area contributed by atoms with Crippen LogP contribution in [0.2, 0.25) is 0 Å². The van der Waals surface area contributed by atoms with Crippen LogP contribution in [0.15, 0.2) is 43.0 Å². The van der Waals surface area contributed by atoms with Gasteiger partial charge < -0.3 is 24.6 Å². The van der Waals surface area contributed by atoms with E-state index in [1.807, 2.05) is 13.1 Å². The van der Waals surface area contributed by atoms with Crippen molar-refractivity contribution in [1.82, 2.24) is 25.1 Å². The van der Waals surface area contributed by atoms with Crippen LogP contribution in [0.1, 0.15) is 25.7 Å². The van der Waals surface area contributed by atoms with Crippen LogP contribution in [0.5, 0.6) is 5.75 Å². The maximum absolute atomic E-state index is 14.7. The van der Waals surface area contributed by atoms with Crippen molar-refractivity contribution in [1.29, 1.82) is 0 Å². The first kappa shape index (κ1) is 20.8. The number of benzene rings is 1. The van der Waals surface area contributed by atoms with Gasteiger partial charge in [-0.25, -0.2) is 9.37 Å². The second-order valence-corrected chi connectivity index (χ2v) is 8.87. The number of aromatic nitrogens is 4. The number of nitrogens with zero attached hydrogens (tertiary/aromatic N) is 5. The van der Waals surface area contributed by atoms with Crippen molar-refractivity contribution < 1.29 is 14.2 Å². The molecule has 0 aliphatic carbocycles. The Morgan fingerprint density at radius 2 is 2.22 bits per heavy atom. The number of anilines is 1. The Labute approximate surface area is 186 Å². The van der Waals surface area contributed by atoms with Crippen LogP contribution in [0.3, 0.4) is 0 Å². The first-order chi connectivity index (χ1) is 15.5. The predicted molar refractivity (Wildman–Crippen MR) is 118 cm³/mol. The first-order valence-corrected chi connectivity index (χ1v) is 10.8.